The molecule has 1 atom stereocenters. The first-order valence-corrected chi connectivity index (χ1v) is 9.38. The van der Waals surface area contributed by atoms with Gasteiger partial charge in [0.1, 0.15) is 5.65 Å². The van der Waals surface area contributed by atoms with Crippen LogP contribution in [0.4, 0.5) is 0 Å². The maximum Gasteiger partial charge on any atom is 0.258 e. The number of fused-ring (bicyclic) bond motifs is 1. The molecule has 0 saturated heterocycles. The van der Waals surface area contributed by atoms with Crippen LogP contribution >= 0.6 is 15.9 Å². The Bertz CT molecular complexity index is 953. The standard InChI is InChI=1S/C17H15BrN2O2S/c1-12-4-2-3-5-13(12)10-23(22)11-15-8-17(21)20-9-14(18)6-7-16(20)19-15/h2-9H,10-11H2,1H3/t23-/m0/s1. The van der Waals surface area contributed by atoms with Crippen molar-refractivity contribution < 1.29 is 4.21 Å². The number of rotatable bonds is 4. The molecule has 0 saturated carbocycles. The van der Waals surface area contributed by atoms with Crippen LogP contribution in [0.3, 0.4) is 0 Å². The van der Waals surface area contributed by atoms with Crippen molar-refractivity contribution in [3.8, 4) is 0 Å². The monoisotopic (exact) mass is 390 g/mol. The summed E-state index contributed by atoms with van der Waals surface area (Å²) >= 11 is 3.33. The predicted molar refractivity (Wildman–Crippen MR) is 95.9 cm³/mol. The zero-order chi connectivity index (χ0) is 16.4. The second-order valence-corrected chi connectivity index (χ2v) is 7.69. The number of aromatic nitrogens is 2. The van der Waals surface area contributed by atoms with Crippen LogP contribution in [0.2, 0.25) is 0 Å². The quantitative estimate of drug-likeness (QED) is 0.686. The van der Waals surface area contributed by atoms with E-state index in [1.807, 2.05) is 37.3 Å². The summed E-state index contributed by atoms with van der Waals surface area (Å²) in [4.78, 5) is 16.6. The third-order valence-corrected chi connectivity index (χ3v) is 5.28. The Labute approximate surface area is 144 Å². The van der Waals surface area contributed by atoms with Gasteiger partial charge in [-0.25, -0.2) is 4.98 Å². The lowest BCUT2D eigenvalue weighted by molar-refractivity contribution is 0.681. The van der Waals surface area contributed by atoms with Gasteiger partial charge in [-0.1, -0.05) is 24.3 Å². The summed E-state index contributed by atoms with van der Waals surface area (Å²) in [6.45, 7) is 2.01. The number of hydrogen-bond acceptors (Lipinski definition) is 3. The molecule has 118 valence electrons. The highest BCUT2D eigenvalue weighted by atomic mass is 79.9. The first-order valence-electron chi connectivity index (χ1n) is 7.10. The summed E-state index contributed by atoms with van der Waals surface area (Å²) < 4.78 is 14.7. The fourth-order valence-electron chi connectivity index (χ4n) is 2.36. The summed E-state index contributed by atoms with van der Waals surface area (Å²) in [5, 5.41) is 0. The molecule has 0 spiro atoms. The molecule has 0 unspecified atom stereocenters. The third-order valence-electron chi connectivity index (χ3n) is 3.56. The average Bonchev–Trinajstić information content (AvgIpc) is 2.50. The van der Waals surface area contributed by atoms with Crippen molar-refractivity contribution in [1.29, 1.82) is 0 Å². The van der Waals surface area contributed by atoms with Crippen molar-refractivity contribution in [1.82, 2.24) is 9.38 Å². The van der Waals surface area contributed by atoms with Crippen LogP contribution in [0.15, 0.2) is 57.9 Å². The summed E-state index contributed by atoms with van der Waals surface area (Å²) in [5.41, 5.74) is 3.14. The normalized spacial score (nSPS) is 12.4. The minimum absolute atomic E-state index is 0.167. The van der Waals surface area contributed by atoms with Gasteiger partial charge in [0.25, 0.3) is 5.56 Å². The van der Waals surface area contributed by atoms with Crippen molar-refractivity contribution in [3.05, 3.63) is 80.3 Å². The number of pyridine rings is 1. The lowest BCUT2D eigenvalue weighted by Gasteiger charge is -2.07. The number of halogens is 1. The van der Waals surface area contributed by atoms with Gasteiger partial charge in [0.2, 0.25) is 0 Å². The average molecular weight is 391 g/mol. The molecule has 2 heterocycles. The van der Waals surface area contributed by atoms with E-state index in [4.69, 9.17) is 0 Å². The highest BCUT2D eigenvalue weighted by Crippen LogP contribution is 2.13. The fraction of sp³-hybridized carbons (Fsp3) is 0.176. The molecule has 3 rings (SSSR count). The molecule has 0 fully saturated rings. The molecule has 2 aromatic heterocycles. The SMILES string of the molecule is Cc1ccccc1C[S@](=O)Cc1cc(=O)n2cc(Br)ccc2n1. The van der Waals surface area contributed by atoms with Crippen molar-refractivity contribution >= 4 is 32.4 Å². The molecule has 0 radical (unpaired) electrons. The zero-order valence-electron chi connectivity index (χ0n) is 12.5. The summed E-state index contributed by atoms with van der Waals surface area (Å²) in [6.07, 6.45) is 1.68. The van der Waals surface area contributed by atoms with E-state index in [9.17, 15) is 9.00 Å². The van der Waals surface area contributed by atoms with Crippen LogP contribution in [0.5, 0.6) is 0 Å². The fourth-order valence-corrected chi connectivity index (χ4v) is 3.95. The number of hydrogen-bond donors (Lipinski definition) is 0. The van der Waals surface area contributed by atoms with Gasteiger partial charge < -0.3 is 0 Å². The largest absolute Gasteiger partial charge is 0.269 e. The second-order valence-electron chi connectivity index (χ2n) is 5.32. The third kappa shape index (κ3) is 3.76. The van der Waals surface area contributed by atoms with Crippen LogP contribution in [0, 0.1) is 6.92 Å². The molecule has 0 amide bonds. The molecule has 0 aliphatic heterocycles. The van der Waals surface area contributed by atoms with Crippen molar-refractivity contribution in [2.75, 3.05) is 0 Å². The molecule has 0 bridgehead atoms. The van der Waals surface area contributed by atoms with Gasteiger partial charge in [-0.15, -0.1) is 0 Å². The first kappa shape index (κ1) is 16.1. The van der Waals surface area contributed by atoms with Crippen molar-refractivity contribution in [2.24, 2.45) is 0 Å². The smallest absolute Gasteiger partial charge is 0.258 e. The van der Waals surface area contributed by atoms with Crippen LogP contribution < -0.4 is 5.56 Å². The lowest BCUT2D eigenvalue weighted by Crippen LogP contribution is -2.16. The van der Waals surface area contributed by atoms with E-state index < -0.39 is 10.8 Å². The Kier molecular flexibility index (Phi) is 4.73. The minimum atomic E-state index is -1.11. The van der Waals surface area contributed by atoms with Crippen LogP contribution in [-0.4, -0.2) is 13.6 Å². The van der Waals surface area contributed by atoms with Gasteiger partial charge in [0, 0.05) is 33.3 Å². The van der Waals surface area contributed by atoms with Crippen molar-refractivity contribution in [3.63, 3.8) is 0 Å². The zero-order valence-corrected chi connectivity index (χ0v) is 14.9. The van der Waals surface area contributed by atoms with Gasteiger partial charge >= 0.3 is 0 Å². The molecule has 1 aromatic carbocycles. The van der Waals surface area contributed by atoms with Crippen LogP contribution in [-0.2, 0) is 22.3 Å². The molecule has 23 heavy (non-hydrogen) atoms. The van der Waals surface area contributed by atoms with Gasteiger partial charge in [-0.2, -0.15) is 0 Å². The van der Waals surface area contributed by atoms with E-state index in [-0.39, 0.29) is 11.3 Å². The number of benzene rings is 1. The molecular weight excluding hydrogens is 376 g/mol. The molecule has 0 N–H and O–H groups in total. The Morgan fingerprint density at radius 2 is 1.96 bits per heavy atom. The van der Waals surface area contributed by atoms with E-state index in [1.54, 1.807) is 12.3 Å². The molecule has 6 heteroatoms. The van der Waals surface area contributed by atoms with E-state index in [0.717, 1.165) is 15.6 Å². The molecule has 3 aromatic rings. The van der Waals surface area contributed by atoms with Gasteiger partial charge in [-0.3, -0.25) is 13.4 Å². The van der Waals surface area contributed by atoms with E-state index in [2.05, 4.69) is 20.9 Å². The maximum atomic E-state index is 12.4. The van der Waals surface area contributed by atoms with E-state index >= 15 is 0 Å². The van der Waals surface area contributed by atoms with Gasteiger partial charge in [-0.05, 0) is 46.1 Å². The second kappa shape index (κ2) is 6.76. The Hall–Kier alpha value is -1.79. The molecule has 0 aliphatic rings. The predicted octanol–water partition coefficient (Wildman–Crippen LogP) is 3.21. The highest BCUT2D eigenvalue weighted by Gasteiger charge is 2.09. The number of aryl methyl sites for hydroxylation is 1. The topological polar surface area (TPSA) is 51.4 Å². The minimum Gasteiger partial charge on any atom is -0.269 e. The highest BCUT2D eigenvalue weighted by molar-refractivity contribution is 9.10. The number of nitrogens with zero attached hydrogens (tertiary/aromatic N) is 2. The lowest BCUT2D eigenvalue weighted by atomic mass is 10.1. The molecular formula is C17H15BrN2O2S. The molecule has 4 nitrogen and oxygen atoms in total. The van der Waals surface area contributed by atoms with Gasteiger partial charge in [0.05, 0.1) is 11.4 Å². The summed E-state index contributed by atoms with van der Waals surface area (Å²) in [7, 11) is -1.11. The maximum absolute atomic E-state index is 12.4. The molecule has 0 aliphatic carbocycles. The Morgan fingerprint density at radius 3 is 2.74 bits per heavy atom. The van der Waals surface area contributed by atoms with Crippen molar-refractivity contribution in [2.45, 2.75) is 18.4 Å². The van der Waals surface area contributed by atoms with E-state index in [0.29, 0.717) is 17.1 Å². The van der Waals surface area contributed by atoms with Crippen LogP contribution in [0.1, 0.15) is 16.8 Å². The van der Waals surface area contributed by atoms with E-state index in [1.165, 1.54) is 10.5 Å². The van der Waals surface area contributed by atoms with Crippen LogP contribution in [0.25, 0.3) is 5.65 Å². The Morgan fingerprint density at radius 1 is 1.17 bits per heavy atom. The summed E-state index contributed by atoms with van der Waals surface area (Å²) in [5.74, 6) is 0.740. The summed E-state index contributed by atoms with van der Waals surface area (Å²) in [6, 6.07) is 12.9. The van der Waals surface area contributed by atoms with Gasteiger partial charge in [0.15, 0.2) is 0 Å². The first-order chi connectivity index (χ1) is 11.0. The Balaban J connectivity index is 1.84.